The number of allylic oxidation sites excluding steroid dienone is 4. The molecule has 0 amide bonds. The van der Waals surface area contributed by atoms with E-state index in [1.165, 1.54) is 51.4 Å². The molecular weight excluding hydrogens is 996 g/mol. The zero-order chi connectivity index (χ0) is 55.6. The van der Waals surface area contributed by atoms with Gasteiger partial charge in [-0.25, -0.2) is 9.97 Å². The molecule has 8 heteroatoms. The highest BCUT2D eigenvalue weighted by Gasteiger charge is 2.51. The summed E-state index contributed by atoms with van der Waals surface area (Å²) in [7, 11) is 0. The van der Waals surface area contributed by atoms with Crippen molar-refractivity contribution in [1.82, 2.24) is 9.97 Å². The van der Waals surface area contributed by atoms with Crippen molar-refractivity contribution in [3.63, 3.8) is 0 Å². The second-order valence-corrected chi connectivity index (χ2v) is 27.1. The third-order valence-corrected chi connectivity index (χ3v) is 20.4. The van der Waals surface area contributed by atoms with Gasteiger partial charge in [-0.3, -0.25) is 4.90 Å². The number of nitrogens with zero attached hydrogens (tertiary/aromatic N) is 5. The molecule has 0 N–H and O–H groups in total. The van der Waals surface area contributed by atoms with Crippen LogP contribution in [0.1, 0.15) is 97.9 Å². The molecular formula is C74H67B2N5O. The van der Waals surface area contributed by atoms with Crippen molar-refractivity contribution in [2.75, 3.05) is 14.7 Å². The van der Waals surface area contributed by atoms with Gasteiger partial charge in [0.1, 0.15) is 11.6 Å². The molecule has 0 bridgehead atoms. The average Bonchev–Trinajstić information content (AvgIpc) is 1.07. The average molecular weight is 1060 g/mol. The second kappa shape index (κ2) is 17.6. The fourth-order valence-corrected chi connectivity index (χ4v) is 15.7. The number of benzene rings is 7. The van der Waals surface area contributed by atoms with Gasteiger partial charge >= 0.3 is 0 Å². The minimum Gasteiger partial charge on any atom is -0.440 e. The lowest BCUT2D eigenvalue weighted by Gasteiger charge is -2.51. The minimum absolute atomic E-state index is 0.0358. The molecule has 2 unspecified atom stereocenters. The van der Waals surface area contributed by atoms with E-state index in [9.17, 15) is 0 Å². The van der Waals surface area contributed by atoms with E-state index in [-0.39, 0.29) is 35.1 Å². The summed E-state index contributed by atoms with van der Waals surface area (Å²) in [5.41, 5.74) is 23.6. The molecule has 2 aromatic heterocycles. The maximum Gasteiger partial charge on any atom is 0.258 e. The van der Waals surface area contributed by atoms with Crippen LogP contribution in [0.3, 0.4) is 0 Å². The first kappa shape index (κ1) is 49.5. The molecule has 6 heterocycles. The molecule has 7 aromatic carbocycles. The standard InChI is InChI=1S/C74H67B2N5O/c1-71(2)36-38-73(5,6)53-40-46(32-34-51(53)71)59-43-64-67-69(77-59)81(50-26-16-11-17-27-50)61-30-20-18-28-55(61)75(67)57-42-58-63(45-62(57)79(64)48-22-12-9-13-23-48)80(49-24-14-10-15-25-49)65-44-60(78-70-68(65)76(58)56-29-19-21-31-66(56)82-70)47-33-35-52-54(41-47)74(7,8)39-37-72(52,3)4/h9-35,40-45,51,53H,36-39H2,1-8H3. The largest absolute Gasteiger partial charge is 0.440 e. The summed E-state index contributed by atoms with van der Waals surface area (Å²) in [6.45, 7) is 19.2. The first-order valence-corrected chi connectivity index (χ1v) is 29.9. The summed E-state index contributed by atoms with van der Waals surface area (Å²) in [6, 6.07) is 67.7. The minimum atomic E-state index is -0.172. The molecule has 16 rings (SSSR count). The Morgan fingerprint density at radius 2 is 0.988 bits per heavy atom. The van der Waals surface area contributed by atoms with Crippen LogP contribution in [0.2, 0.25) is 0 Å². The van der Waals surface area contributed by atoms with E-state index < -0.39 is 0 Å². The molecule has 9 aromatic rings. The topological polar surface area (TPSA) is 44.7 Å². The molecule has 82 heavy (non-hydrogen) atoms. The third-order valence-electron chi connectivity index (χ3n) is 20.4. The fourth-order valence-electron chi connectivity index (χ4n) is 15.7. The Balaban J connectivity index is 0.978. The zero-order valence-electron chi connectivity index (χ0n) is 48.3. The first-order chi connectivity index (χ1) is 39.6. The number of para-hydroxylation sites is 5. The molecule has 400 valence electrons. The number of hydrogen-bond acceptors (Lipinski definition) is 6. The van der Waals surface area contributed by atoms with Crippen LogP contribution in [0.15, 0.2) is 200 Å². The Kier molecular flexibility index (Phi) is 10.6. The predicted octanol–water partition coefficient (Wildman–Crippen LogP) is 15.0. The number of ether oxygens (including phenoxy) is 1. The summed E-state index contributed by atoms with van der Waals surface area (Å²) in [6.07, 6.45) is 12.2. The monoisotopic (exact) mass is 1060 g/mol. The summed E-state index contributed by atoms with van der Waals surface area (Å²) < 4.78 is 7.12. The van der Waals surface area contributed by atoms with Gasteiger partial charge in [0, 0.05) is 56.5 Å². The van der Waals surface area contributed by atoms with Gasteiger partial charge in [0.25, 0.3) is 13.4 Å². The van der Waals surface area contributed by atoms with Crippen molar-refractivity contribution < 1.29 is 4.74 Å². The van der Waals surface area contributed by atoms with Crippen LogP contribution in [0.5, 0.6) is 11.6 Å². The van der Waals surface area contributed by atoms with E-state index in [1.54, 1.807) is 0 Å². The molecule has 3 aliphatic carbocycles. The van der Waals surface area contributed by atoms with Crippen LogP contribution < -0.4 is 52.2 Å². The van der Waals surface area contributed by atoms with E-state index in [1.807, 2.05) is 0 Å². The van der Waals surface area contributed by atoms with Crippen molar-refractivity contribution >= 4 is 103 Å². The van der Waals surface area contributed by atoms with Gasteiger partial charge in [0.2, 0.25) is 5.88 Å². The van der Waals surface area contributed by atoms with Crippen LogP contribution in [0, 0.1) is 22.7 Å². The molecule has 1 fully saturated rings. The lowest BCUT2D eigenvalue weighted by molar-refractivity contribution is 0.0337. The van der Waals surface area contributed by atoms with Gasteiger partial charge in [-0.15, -0.1) is 0 Å². The smallest absolute Gasteiger partial charge is 0.258 e. The number of pyridine rings is 2. The first-order valence-electron chi connectivity index (χ1n) is 29.9. The predicted molar refractivity (Wildman–Crippen MR) is 344 cm³/mol. The quantitative estimate of drug-likeness (QED) is 0.160. The Hall–Kier alpha value is -8.35. The molecule has 7 aliphatic rings. The van der Waals surface area contributed by atoms with E-state index in [2.05, 4.69) is 270 Å². The summed E-state index contributed by atoms with van der Waals surface area (Å²) in [4.78, 5) is 19.1. The van der Waals surface area contributed by atoms with Crippen molar-refractivity contribution in [1.29, 1.82) is 0 Å². The third kappa shape index (κ3) is 7.28. The molecule has 1 saturated carbocycles. The zero-order valence-corrected chi connectivity index (χ0v) is 48.3. The van der Waals surface area contributed by atoms with Gasteiger partial charge in [0.15, 0.2) is 0 Å². The van der Waals surface area contributed by atoms with Crippen molar-refractivity contribution in [2.24, 2.45) is 22.7 Å². The van der Waals surface area contributed by atoms with E-state index >= 15 is 0 Å². The summed E-state index contributed by atoms with van der Waals surface area (Å²) >= 11 is 0. The molecule has 0 saturated heterocycles. The lowest BCUT2D eigenvalue weighted by atomic mass is 9.30. The maximum atomic E-state index is 7.12. The van der Waals surface area contributed by atoms with Gasteiger partial charge in [-0.1, -0.05) is 183 Å². The van der Waals surface area contributed by atoms with Crippen molar-refractivity contribution in [3.8, 4) is 22.9 Å². The van der Waals surface area contributed by atoms with Gasteiger partial charge in [-0.05, 0) is 176 Å². The number of anilines is 9. The van der Waals surface area contributed by atoms with Crippen LogP contribution in [-0.2, 0) is 10.8 Å². The molecule has 2 atom stereocenters. The maximum absolute atomic E-state index is 7.12. The fraction of sp³-hybridized carbons (Fsp3) is 0.243. The van der Waals surface area contributed by atoms with Gasteiger partial charge in [-0.2, -0.15) is 0 Å². The Morgan fingerprint density at radius 3 is 1.66 bits per heavy atom. The molecule has 4 aliphatic heterocycles. The SMILES string of the molecule is CC1(C)CCC(C)(C)c2cc(-c3cc4c5c(n3)Oc3ccccc3B5c3cc5c(cc3N4c3ccccc3)N(c3ccccc3)c3cc(C4=CC6C(C=C4)C(C)(C)CCC6(C)C)nc4c3B5c3ccccc3N4c3ccccc3)ccc21. The Morgan fingerprint density at radius 1 is 0.439 bits per heavy atom. The van der Waals surface area contributed by atoms with Crippen molar-refractivity contribution in [2.45, 2.75) is 91.9 Å². The van der Waals surface area contributed by atoms with Gasteiger partial charge < -0.3 is 14.5 Å². The Labute approximate surface area is 484 Å². The normalized spacial score (nSPS) is 20.1. The van der Waals surface area contributed by atoms with E-state index in [4.69, 9.17) is 14.7 Å². The number of aromatic nitrogens is 2. The Bertz CT molecular complexity index is 4200. The van der Waals surface area contributed by atoms with E-state index in [0.29, 0.717) is 17.7 Å². The summed E-state index contributed by atoms with van der Waals surface area (Å²) in [5.74, 6) is 3.30. The van der Waals surface area contributed by atoms with E-state index in [0.717, 1.165) is 97.8 Å². The second-order valence-electron chi connectivity index (χ2n) is 27.1. The number of fused-ring (bicyclic) bond motifs is 10. The molecule has 6 nitrogen and oxygen atoms in total. The summed E-state index contributed by atoms with van der Waals surface area (Å²) in [5, 5.41) is 0. The van der Waals surface area contributed by atoms with Crippen LogP contribution in [0.4, 0.5) is 51.3 Å². The number of rotatable bonds is 5. The lowest BCUT2D eigenvalue weighted by Crippen LogP contribution is -2.65. The highest BCUT2D eigenvalue weighted by Crippen LogP contribution is 2.57. The number of hydrogen-bond donors (Lipinski definition) is 0. The molecule has 0 radical (unpaired) electrons. The highest BCUT2D eigenvalue weighted by atomic mass is 16.5. The van der Waals surface area contributed by atoms with Crippen LogP contribution in [-0.4, -0.2) is 23.4 Å². The molecule has 0 spiro atoms. The van der Waals surface area contributed by atoms with Crippen molar-refractivity contribution in [3.05, 3.63) is 217 Å². The van der Waals surface area contributed by atoms with Crippen LogP contribution in [0.25, 0.3) is 16.8 Å². The van der Waals surface area contributed by atoms with Crippen LogP contribution >= 0.6 is 0 Å². The van der Waals surface area contributed by atoms with Gasteiger partial charge in [0.05, 0.1) is 11.4 Å². The highest BCUT2D eigenvalue weighted by molar-refractivity contribution is 7.02.